The van der Waals surface area contributed by atoms with E-state index in [-0.39, 0.29) is 17.4 Å². The number of benzene rings is 2. The number of carbonyl (C=O) groups is 1. The first-order valence-corrected chi connectivity index (χ1v) is 9.90. The molecule has 0 bridgehead atoms. The lowest BCUT2D eigenvalue weighted by atomic mass is 9.73. The third-order valence-electron chi connectivity index (χ3n) is 5.88. The maximum Gasteiger partial charge on any atom is 0.339 e. The molecule has 4 rings (SSSR count). The second-order valence-electron chi connectivity index (χ2n) is 8.20. The van der Waals surface area contributed by atoms with Gasteiger partial charge in [-0.25, -0.2) is 4.79 Å². The number of anilines is 2. The van der Waals surface area contributed by atoms with E-state index in [0.717, 1.165) is 44.0 Å². The first-order valence-electron chi connectivity index (χ1n) is 9.90. The van der Waals surface area contributed by atoms with Crippen LogP contribution in [-0.4, -0.2) is 39.4 Å². The summed E-state index contributed by atoms with van der Waals surface area (Å²) in [7, 11) is 1.43. The summed E-state index contributed by atoms with van der Waals surface area (Å²) in [6.45, 7) is 7.87. The molecule has 0 radical (unpaired) electrons. The molecule has 1 N–H and O–H groups in total. The molecule has 2 aliphatic rings. The molecule has 1 saturated heterocycles. The molecule has 1 unspecified atom stereocenters. The van der Waals surface area contributed by atoms with Crippen LogP contribution in [0.1, 0.15) is 47.8 Å². The minimum absolute atomic E-state index is 0.0513. The molecule has 2 aromatic carbocycles. The van der Waals surface area contributed by atoms with Crippen LogP contribution >= 0.6 is 0 Å². The van der Waals surface area contributed by atoms with Crippen molar-refractivity contribution >= 4 is 17.3 Å². The Labute approximate surface area is 166 Å². The SMILES string of the molecule is COC(=O)c1cccc2c1NC(c1cccc(N3CCOCC3)c1)CC2(C)C. The summed E-state index contributed by atoms with van der Waals surface area (Å²) in [5.74, 6) is -0.303. The van der Waals surface area contributed by atoms with Crippen molar-refractivity contribution in [2.24, 2.45) is 0 Å². The van der Waals surface area contributed by atoms with Gasteiger partial charge in [0.05, 0.1) is 37.6 Å². The van der Waals surface area contributed by atoms with Gasteiger partial charge in [0, 0.05) is 18.8 Å². The molecule has 0 aliphatic carbocycles. The van der Waals surface area contributed by atoms with Crippen molar-refractivity contribution in [3.05, 3.63) is 59.2 Å². The number of nitrogens with zero attached hydrogens (tertiary/aromatic N) is 1. The van der Waals surface area contributed by atoms with Crippen LogP contribution in [-0.2, 0) is 14.9 Å². The fourth-order valence-corrected chi connectivity index (χ4v) is 4.36. The van der Waals surface area contributed by atoms with Gasteiger partial charge in [-0.1, -0.05) is 38.1 Å². The molecule has 148 valence electrons. The second-order valence-corrected chi connectivity index (χ2v) is 8.20. The maximum atomic E-state index is 12.3. The minimum Gasteiger partial charge on any atom is -0.465 e. The Balaban J connectivity index is 1.69. The monoisotopic (exact) mass is 380 g/mol. The molecule has 2 aromatic rings. The van der Waals surface area contributed by atoms with Crippen LogP contribution in [0.2, 0.25) is 0 Å². The van der Waals surface area contributed by atoms with Crippen LogP contribution in [0, 0.1) is 0 Å². The topological polar surface area (TPSA) is 50.8 Å². The average molecular weight is 380 g/mol. The van der Waals surface area contributed by atoms with Gasteiger partial charge in [0.15, 0.2) is 0 Å². The number of nitrogens with one attached hydrogen (secondary N) is 1. The molecule has 2 aliphatic heterocycles. The van der Waals surface area contributed by atoms with Gasteiger partial charge in [0.2, 0.25) is 0 Å². The van der Waals surface area contributed by atoms with E-state index in [0.29, 0.717) is 5.56 Å². The van der Waals surface area contributed by atoms with Gasteiger partial charge < -0.3 is 19.7 Å². The number of hydrogen-bond donors (Lipinski definition) is 1. The normalized spacial score (nSPS) is 20.8. The van der Waals surface area contributed by atoms with E-state index in [4.69, 9.17) is 9.47 Å². The molecule has 1 atom stereocenters. The van der Waals surface area contributed by atoms with E-state index in [1.54, 1.807) is 0 Å². The standard InChI is InChI=1S/C23H28N2O3/c1-23(2)15-20(24-21-18(22(26)27-3)8-5-9-19(21)23)16-6-4-7-17(14-16)25-10-12-28-13-11-25/h4-9,14,20,24H,10-13,15H2,1-3H3. The van der Waals surface area contributed by atoms with Crippen molar-refractivity contribution in [3.63, 3.8) is 0 Å². The summed E-state index contributed by atoms with van der Waals surface area (Å²) >= 11 is 0. The molecule has 0 amide bonds. The lowest BCUT2D eigenvalue weighted by molar-refractivity contribution is 0.0601. The maximum absolute atomic E-state index is 12.3. The molecule has 0 spiro atoms. The molecule has 2 heterocycles. The number of carbonyl (C=O) groups excluding carboxylic acids is 1. The Morgan fingerprint density at radius 3 is 2.68 bits per heavy atom. The average Bonchev–Trinajstić information content (AvgIpc) is 2.73. The van der Waals surface area contributed by atoms with E-state index in [1.807, 2.05) is 12.1 Å². The number of hydrogen-bond acceptors (Lipinski definition) is 5. The van der Waals surface area contributed by atoms with Crippen LogP contribution in [0.25, 0.3) is 0 Å². The van der Waals surface area contributed by atoms with Crippen molar-refractivity contribution in [2.75, 3.05) is 43.6 Å². The zero-order chi connectivity index (χ0) is 19.7. The summed E-state index contributed by atoms with van der Waals surface area (Å²) in [6, 6.07) is 14.7. The highest BCUT2D eigenvalue weighted by Crippen LogP contribution is 2.45. The molecule has 1 fully saturated rings. The Morgan fingerprint density at radius 2 is 1.93 bits per heavy atom. The number of morpholine rings is 1. The fraction of sp³-hybridized carbons (Fsp3) is 0.435. The Morgan fingerprint density at radius 1 is 1.18 bits per heavy atom. The van der Waals surface area contributed by atoms with Gasteiger partial charge in [-0.2, -0.15) is 0 Å². The lowest BCUT2D eigenvalue weighted by Gasteiger charge is -2.40. The summed E-state index contributed by atoms with van der Waals surface area (Å²) in [4.78, 5) is 14.7. The van der Waals surface area contributed by atoms with Gasteiger partial charge in [-0.05, 0) is 41.2 Å². The summed E-state index contributed by atoms with van der Waals surface area (Å²) in [5, 5.41) is 3.64. The van der Waals surface area contributed by atoms with Gasteiger partial charge in [-0.15, -0.1) is 0 Å². The van der Waals surface area contributed by atoms with Gasteiger partial charge in [-0.3, -0.25) is 0 Å². The van der Waals surface area contributed by atoms with Crippen LogP contribution in [0.4, 0.5) is 11.4 Å². The highest BCUT2D eigenvalue weighted by molar-refractivity contribution is 5.97. The third-order valence-corrected chi connectivity index (χ3v) is 5.88. The summed E-state index contributed by atoms with van der Waals surface area (Å²) < 4.78 is 10.5. The summed E-state index contributed by atoms with van der Waals surface area (Å²) in [5.41, 5.74) is 5.07. The third kappa shape index (κ3) is 3.47. The zero-order valence-electron chi connectivity index (χ0n) is 16.8. The molecule has 28 heavy (non-hydrogen) atoms. The highest BCUT2D eigenvalue weighted by Gasteiger charge is 2.35. The number of esters is 1. The lowest BCUT2D eigenvalue weighted by Crippen LogP contribution is -2.36. The van der Waals surface area contributed by atoms with Gasteiger partial charge in [0.25, 0.3) is 0 Å². The van der Waals surface area contributed by atoms with E-state index in [2.05, 4.69) is 54.4 Å². The van der Waals surface area contributed by atoms with Crippen molar-refractivity contribution in [3.8, 4) is 0 Å². The van der Waals surface area contributed by atoms with Crippen molar-refractivity contribution in [1.82, 2.24) is 0 Å². The molecule has 5 nitrogen and oxygen atoms in total. The predicted molar refractivity (Wildman–Crippen MR) is 111 cm³/mol. The first kappa shape index (κ1) is 18.8. The van der Waals surface area contributed by atoms with Crippen LogP contribution in [0.5, 0.6) is 0 Å². The number of rotatable bonds is 3. The van der Waals surface area contributed by atoms with Crippen LogP contribution in [0.15, 0.2) is 42.5 Å². The quantitative estimate of drug-likeness (QED) is 0.811. The number of para-hydroxylation sites is 1. The van der Waals surface area contributed by atoms with E-state index < -0.39 is 0 Å². The highest BCUT2D eigenvalue weighted by atomic mass is 16.5. The molecular formula is C23H28N2O3. The number of fused-ring (bicyclic) bond motifs is 1. The molecular weight excluding hydrogens is 352 g/mol. The smallest absolute Gasteiger partial charge is 0.339 e. The summed E-state index contributed by atoms with van der Waals surface area (Å²) in [6.07, 6.45) is 0.956. The van der Waals surface area contributed by atoms with Gasteiger partial charge in [0.1, 0.15) is 0 Å². The Kier molecular flexibility index (Phi) is 5.02. The molecule has 0 aromatic heterocycles. The molecule has 5 heteroatoms. The largest absolute Gasteiger partial charge is 0.465 e. The van der Waals surface area contributed by atoms with E-state index in [9.17, 15) is 4.79 Å². The Hall–Kier alpha value is -2.53. The fourth-order valence-electron chi connectivity index (χ4n) is 4.36. The Bertz CT molecular complexity index is 872. The minimum atomic E-state index is -0.303. The van der Waals surface area contributed by atoms with Crippen molar-refractivity contribution in [2.45, 2.75) is 31.7 Å². The van der Waals surface area contributed by atoms with Crippen molar-refractivity contribution < 1.29 is 14.3 Å². The number of ether oxygens (including phenoxy) is 2. The predicted octanol–water partition coefficient (Wildman–Crippen LogP) is 4.14. The van der Waals surface area contributed by atoms with E-state index in [1.165, 1.54) is 18.4 Å². The molecule has 0 saturated carbocycles. The first-order chi connectivity index (χ1) is 13.5. The van der Waals surface area contributed by atoms with Crippen LogP contribution < -0.4 is 10.2 Å². The number of methoxy groups -OCH3 is 1. The van der Waals surface area contributed by atoms with E-state index >= 15 is 0 Å². The van der Waals surface area contributed by atoms with Crippen LogP contribution in [0.3, 0.4) is 0 Å². The van der Waals surface area contributed by atoms with Crippen molar-refractivity contribution in [1.29, 1.82) is 0 Å². The van der Waals surface area contributed by atoms with Gasteiger partial charge >= 0.3 is 5.97 Å². The second kappa shape index (κ2) is 7.47. The zero-order valence-corrected chi connectivity index (χ0v) is 16.8.